The first-order valence-corrected chi connectivity index (χ1v) is 7.07. The van der Waals surface area contributed by atoms with Crippen molar-refractivity contribution in [2.45, 2.75) is 45.1 Å². The minimum atomic E-state index is 0.0749. The van der Waals surface area contributed by atoms with Gasteiger partial charge >= 0.3 is 0 Å². The summed E-state index contributed by atoms with van der Waals surface area (Å²) in [7, 11) is 0. The normalized spacial score (nSPS) is 19.6. The summed E-state index contributed by atoms with van der Waals surface area (Å²) in [5.41, 5.74) is 1.19. The Morgan fingerprint density at radius 2 is 2.26 bits per heavy atom. The Hall–Kier alpha value is -1.82. The lowest BCUT2D eigenvalue weighted by atomic mass is 10.1. The van der Waals surface area contributed by atoms with Crippen molar-refractivity contribution in [3.63, 3.8) is 0 Å². The van der Waals surface area contributed by atoms with Gasteiger partial charge in [-0.2, -0.15) is 5.26 Å². The molecule has 19 heavy (non-hydrogen) atoms. The number of carbonyl (C=O) groups is 1. The molecule has 1 amide bonds. The lowest BCUT2D eigenvalue weighted by Gasteiger charge is -2.29. The lowest BCUT2D eigenvalue weighted by molar-refractivity contribution is 0.0678. The summed E-state index contributed by atoms with van der Waals surface area (Å²) in [6.45, 7) is 2.98. The second-order valence-electron chi connectivity index (χ2n) is 5.10. The monoisotopic (exact) mass is 256 g/mol. The van der Waals surface area contributed by atoms with Crippen LogP contribution in [0.5, 0.6) is 0 Å². The van der Waals surface area contributed by atoms with E-state index in [9.17, 15) is 4.79 Å². The van der Waals surface area contributed by atoms with Gasteiger partial charge in [-0.05, 0) is 37.5 Å². The standard InChI is InChI=1S/C16H20N2O/c1-2-15-9-4-3-5-10-18(15)16(19)14-8-6-7-13(11-14)12-17/h6-8,11,15H,2-5,9-10H2,1H3. The van der Waals surface area contributed by atoms with Gasteiger partial charge in [0.05, 0.1) is 11.6 Å². The number of amides is 1. The molecular weight excluding hydrogens is 236 g/mol. The Kier molecular flexibility index (Phi) is 4.57. The smallest absolute Gasteiger partial charge is 0.254 e. The quantitative estimate of drug-likeness (QED) is 0.814. The van der Waals surface area contributed by atoms with E-state index in [1.807, 2.05) is 4.90 Å². The molecule has 0 saturated carbocycles. The van der Waals surface area contributed by atoms with Crippen LogP contribution < -0.4 is 0 Å². The average molecular weight is 256 g/mol. The molecule has 0 aromatic heterocycles. The third kappa shape index (κ3) is 3.14. The molecule has 0 bridgehead atoms. The summed E-state index contributed by atoms with van der Waals surface area (Å²) in [6.07, 6.45) is 5.60. The number of nitriles is 1. The van der Waals surface area contributed by atoms with Gasteiger partial charge in [0.15, 0.2) is 0 Å². The van der Waals surface area contributed by atoms with Crippen LogP contribution in [-0.4, -0.2) is 23.4 Å². The van der Waals surface area contributed by atoms with Crippen molar-refractivity contribution >= 4 is 5.91 Å². The molecule has 1 aromatic carbocycles. The van der Waals surface area contributed by atoms with E-state index in [1.165, 1.54) is 12.8 Å². The first-order valence-electron chi connectivity index (χ1n) is 7.07. The van der Waals surface area contributed by atoms with Crippen molar-refractivity contribution < 1.29 is 4.79 Å². The summed E-state index contributed by atoms with van der Waals surface area (Å²) in [5.74, 6) is 0.0749. The maximum atomic E-state index is 12.6. The zero-order chi connectivity index (χ0) is 13.7. The molecule has 0 N–H and O–H groups in total. The molecule has 3 heteroatoms. The molecule has 1 unspecified atom stereocenters. The minimum Gasteiger partial charge on any atom is -0.336 e. The summed E-state index contributed by atoms with van der Waals surface area (Å²) < 4.78 is 0. The van der Waals surface area contributed by atoms with Crippen LogP contribution in [0.15, 0.2) is 24.3 Å². The van der Waals surface area contributed by atoms with Crippen molar-refractivity contribution in [2.24, 2.45) is 0 Å². The second-order valence-corrected chi connectivity index (χ2v) is 5.10. The molecule has 1 aliphatic heterocycles. The van der Waals surface area contributed by atoms with Crippen molar-refractivity contribution in [3.05, 3.63) is 35.4 Å². The molecule has 1 heterocycles. The van der Waals surface area contributed by atoms with Crippen molar-refractivity contribution in [3.8, 4) is 6.07 Å². The summed E-state index contributed by atoms with van der Waals surface area (Å²) >= 11 is 0. The summed E-state index contributed by atoms with van der Waals surface area (Å²) in [6, 6.07) is 9.46. The van der Waals surface area contributed by atoms with Crippen LogP contribution in [0.3, 0.4) is 0 Å². The molecule has 3 nitrogen and oxygen atoms in total. The predicted molar refractivity (Wildman–Crippen MR) is 74.7 cm³/mol. The fraction of sp³-hybridized carbons (Fsp3) is 0.500. The van der Waals surface area contributed by atoms with E-state index in [0.29, 0.717) is 17.2 Å². The van der Waals surface area contributed by atoms with Gasteiger partial charge in [-0.25, -0.2) is 0 Å². The molecule has 1 aromatic rings. The molecular formula is C16H20N2O. The van der Waals surface area contributed by atoms with Gasteiger partial charge in [-0.3, -0.25) is 4.79 Å². The number of nitrogens with zero attached hydrogens (tertiary/aromatic N) is 2. The number of likely N-dealkylation sites (tertiary alicyclic amines) is 1. The van der Waals surface area contributed by atoms with Crippen LogP contribution in [0.4, 0.5) is 0 Å². The number of benzene rings is 1. The van der Waals surface area contributed by atoms with Crippen molar-refractivity contribution in [2.75, 3.05) is 6.54 Å². The maximum Gasteiger partial charge on any atom is 0.254 e. The molecule has 1 saturated heterocycles. The molecule has 1 fully saturated rings. The molecule has 0 radical (unpaired) electrons. The highest BCUT2D eigenvalue weighted by atomic mass is 16.2. The van der Waals surface area contributed by atoms with Crippen LogP contribution in [0.2, 0.25) is 0 Å². The van der Waals surface area contributed by atoms with Crippen LogP contribution in [0.1, 0.15) is 54.9 Å². The Morgan fingerprint density at radius 3 is 3.00 bits per heavy atom. The largest absolute Gasteiger partial charge is 0.336 e. The van der Waals surface area contributed by atoms with Crippen LogP contribution in [-0.2, 0) is 0 Å². The molecule has 100 valence electrons. The van der Waals surface area contributed by atoms with E-state index in [0.717, 1.165) is 25.8 Å². The predicted octanol–water partition coefficient (Wildman–Crippen LogP) is 3.35. The number of hydrogen-bond donors (Lipinski definition) is 0. The van der Waals surface area contributed by atoms with Crippen LogP contribution in [0.25, 0.3) is 0 Å². The molecule has 2 rings (SSSR count). The fourth-order valence-corrected chi connectivity index (χ4v) is 2.76. The zero-order valence-corrected chi connectivity index (χ0v) is 11.4. The van der Waals surface area contributed by atoms with E-state index in [4.69, 9.17) is 5.26 Å². The highest BCUT2D eigenvalue weighted by molar-refractivity contribution is 5.94. The van der Waals surface area contributed by atoms with Gasteiger partial charge in [0.1, 0.15) is 0 Å². The second kappa shape index (κ2) is 6.38. The van der Waals surface area contributed by atoms with Crippen molar-refractivity contribution in [1.29, 1.82) is 5.26 Å². The minimum absolute atomic E-state index is 0.0749. The van der Waals surface area contributed by atoms with Gasteiger partial charge in [-0.1, -0.05) is 25.8 Å². The fourth-order valence-electron chi connectivity index (χ4n) is 2.76. The highest BCUT2D eigenvalue weighted by Crippen LogP contribution is 2.21. The topological polar surface area (TPSA) is 44.1 Å². The number of carbonyl (C=O) groups excluding carboxylic acids is 1. The Balaban J connectivity index is 2.23. The SMILES string of the molecule is CCC1CCCCCN1C(=O)c1cccc(C#N)c1. The summed E-state index contributed by atoms with van der Waals surface area (Å²) in [5, 5.41) is 8.92. The van der Waals surface area contributed by atoms with E-state index >= 15 is 0 Å². The Bertz CT molecular complexity index is 490. The third-order valence-corrected chi connectivity index (χ3v) is 3.85. The van der Waals surface area contributed by atoms with Crippen molar-refractivity contribution in [1.82, 2.24) is 4.90 Å². The van der Waals surface area contributed by atoms with E-state index < -0.39 is 0 Å². The average Bonchev–Trinajstić information content (AvgIpc) is 2.71. The van der Waals surface area contributed by atoms with E-state index in [1.54, 1.807) is 24.3 Å². The van der Waals surface area contributed by atoms with Gasteiger partial charge < -0.3 is 4.90 Å². The lowest BCUT2D eigenvalue weighted by Crippen LogP contribution is -2.39. The molecule has 0 aliphatic carbocycles. The Morgan fingerprint density at radius 1 is 1.42 bits per heavy atom. The van der Waals surface area contributed by atoms with Crippen LogP contribution >= 0.6 is 0 Å². The van der Waals surface area contributed by atoms with Gasteiger partial charge in [0.25, 0.3) is 5.91 Å². The van der Waals surface area contributed by atoms with E-state index in [2.05, 4.69) is 13.0 Å². The number of hydrogen-bond acceptors (Lipinski definition) is 2. The Labute approximate surface area is 114 Å². The van der Waals surface area contributed by atoms with Gasteiger partial charge in [0.2, 0.25) is 0 Å². The van der Waals surface area contributed by atoms with Gasteiger partial charge in [0, 0.05) is 18.2 Å². The molecule has 1 atom stereocenters. The van der Waals surface area contributed by atoms with Crippen LogP contribution in [0, 0.1) is 11.3 Å². The number of rotatable bonds is 2. The highest BCUT2D eigenvalue weighted by Gasteiger charge is 2.24. The summed E-state index contributed by atoms with van der Waals surface area (Å²) in [4.78, 5) is 14.6. The first kappa shape index (κ1) is 13.6. The molecule has 1 aliphatic rings. The first-order chi connectivity index (χ1) is 9.26. The maximum absolute atomic E-state index is 12.6. The zero-order valence-electron chi connectivity index (χ0n) is 11.4. The van der Waals surface area contributed by atoms with E-state index in [-0.39, 0.29) is 5.91 Å². The third-order valence-electron chi connectivity index (χ3n) is 3.85. The molecule has 0 spiro atoms. The van der Waals surface area contributed by atoms with Gasteiger partial charge in [-0.15, -0.1) is 0 Å².